The van der Waals surface area contributed by atoms with E-state index in [2.05, 4.69) is 10.2 Å². The van der Waals surface area contributed by atoms with E-state index in [0.29, 0.717) is 24.0 Å². The van der Waals surface area contributed by atoms with Crippen molar-refractivity contribution in [1.82, 2.24) is 5.32 Å². The monoisotopic (exact) mass is 395 g/mol. The molecule has 1 aromatic carbocycles. The lowest BCUT2D eigenvalue weighted by Crippen LogP contribution is -2.54. The number of para-hydroxylation sites is 2. The second-order valence-electron chi connectivity index (χ2n) is 6.73. The standard InChI is InChI=1S/C21H21N3O5/c1-2-28-17-8-4-3-7-16(17)24-20(26)15(19(25)22-21(24)27)13-14-9-10-18(29-14)23-11-5-6-12-23/h3-4,7-10,13H,2,5-6,11-12H2,1H3,(H,22,25,27)/b15-13+. The molecular weight excluding hydrogens is 374 g/mol. The zero-order valence-electron chi connectivity index (χ0n) is 16.0. The van der Waals surface area contributed by atoms with Crippen LogP contribution < -0.4 is 19.9 Å². The van der Waals surface area contributed by atoms with Crippen LogP contribution in [-0.2, 0) is 9.59 Å². The van der Waals surface area contributed by atoms with Crippen molar-refractivity contribution < 1.29 is 23.5 Å². The van der Waals surface area contributed by atoms with Gasteiger partial charge in [0.1, 0.15) is 17.1 Å². The lowest BCUT2D eigenvalue weighted by molar-refractivity contribution is -0.122. The van der Waals surface area contributed by atoms with E-state index in [4.69, 9.17) is 9.15 Å². The summed E-state index contributed by atoms with van der Waals surface area (Å²) in [4.78, 5) is 40.8. The highest BCUT2D eigenvalue weighted by Gasteiger charge is 2.38. The van der Waals surface area contributed by atoms with Crippen molar-refractivity contribution in [3.8, 4) is 5.75 Å². The molecule has 1 aromatic heterocycles. The molecule has 0 aliphatic carbocycles. The summed E-state index contributed by atoms with van der Waals surface area (Å²) in [6.07, 6.45) is 3.57. The van der Waals surface area contributed by atoms with E-state index in [1.807, 2.05) is 6.07 Å². The Bertz CT molecular complexity index is 988. The van der Waals surface area contributed by atoms with Gasteiger partial charge in [-0.15, -0.1) is 0 Å². The Balaban J connectivity index is 1.66. The molecule has 150 valence electrons. The molecule has 2 aromatic rings. The molecule has 0 atom stereocenters. The number of barbiturate groups is 1. The van der Waals surface area contributed by atoms with E-state index in [0.717, 1.165) is 30.8 Å². The molecule has 0 radical (unpaired) electrons. The summed E-state index contributed by atoms with van der Waals surface area (Å²) >= 11 is 0. The first-order chi connectivity index (χ1) is 14.1. The predicted octanol–water partition coefficient (Wildman–Crippen LogP) is 2.94. The quantitative estimate of drug-likeness (QED) is 0.618. The number of amides is 4. The van der Waals surface area contributed by atoms with Gasteiger partial charge in [0.05, 0.1) is 12.3 Å². The largest absolute Gasteiger partial charge is 0.492 e. The molecule has 4 rings (SSSR count). The summed E-state index contributed by atoms with van der Waals surface area (Å²) in [5, 5.41) is 2.21. The zero-order valence-corrected chi connectivity index (χ0v) is 16.0. The van der Waals surface area contributed by atoms with Crippen LogP contribution in [0.25, 0.3) is 6.08 Å². The molecule has 0 unspecified atom stereocenters. The van der Waals surface area contributed by atoms with E-state index in [1.54, 1.807) is 37.3 Å². The first-order valence-electron chi connectivity index (χ1n) is 9.56. The number of urea groups is 1. The molecule has 29 heavy (non-hydrogen) atoms. The van der Waals surface area contributed by atoms with Crippen LogP contribution in [-0.4, -0.2) is 37.5 Å². The van der Waals surface area contributed by atoms with Gasteiger partial charge in [0.15, 0.2) is 5.88 Å². The lowest BCUT2D eigenvalue weighted by atomic mass is 10.1. The van der Waals surface area contributed by atoms with Crippen molar-refractivity contribution in [2.24, 2.45) is 0 Å². The second-order valence-corrected chi connectivity index (χ2v) is 6.73. The number of benzene rings is 1. The Hall–Kier alpha value is -3.55. The Morgan fingerprint density at radius 2 is 1.86 bits per heavy atom. The van der Waals surface area contributed by atoms with Gasteiger partial charge in [-0.1, -0.05) is 12.1 Å². The molecule has 2 saturated heterocycles. The third-order valence-corrected chi connectivity index (χ3v) is 4.82. The number of furan rings is 1. The molecule has 8 heteroatoms. The van der Waals surface area contributed by atoms with E-state index in [-0.39, 0.29) is 11.3 Å². The minimum Gasteiger partial charge on any atom is -0.492 e. The fraction of sp³-hybridized carbons (Fsp3) is 0.286. The average molecular weight is 395 g/mol. The molecule has 3 heterocycles. The molecule has 2 aliphatic rings. The SMILES string of the molecule is CCOc1ccccc1N1C(=O)NC(=O)/C(=C\c2ccc(N3CCCC3)o2)C1=O. The maximum Gasteiger partial charge on any atom is 0.336 e. The first-order valence-corrected chi connectivity index (χ1v) is 9.56. The number of anilines is 2. The molecular formula is C21H21N3O5. The number of carbonyl (C=O) groups excluding carboxylic acids is 3. The van der Waals surface area contributed by atoms with Crippen LogP contribution in [0.1, 0.15) is 25.5 Å². The van der Waals surface area contributed by atoms with E-state index < -0.39 is 17.8 Å². The van der Waals surface area contributed by atoms with Gasteiger partial charge in [-0.25, -0.2) is 9.69 Å². The third kappa shape index (κ3) is 3.61. The van der Waals surface area contributed by atoms with Crippen LogP contribution in [0.4, 0.5) is 16.4 Å². The second kappa shape index (κ2) is 7.83. The summed E-state index contributed by atoms with van der Waals surface area (Å²) in [6.45, 7) is 4.01. The highest BCUT2D eigenvalue weighted by molar-refractivity contribution is 6.39. The van der Waals surface area contributed by atoms with Gasteiger partial charge in [0.2, 0.25) is 0 Å². The van der Waals surface area contributed by atoms with Crippen LogP contribution in [0.5, 0.6) is 5.75 Å². The highest BCUT2D eigenvalue weighted by Crippen LogP contribution is 2.31. The molecule has 2 aliphatic heterocycles. The minimum absolute atomic E-state index is 0.182. The molecule has 4 amide bonds. The number of nitrogens with one attached hydrogen (secondary N) is 1. The van der Waals surface area contributed by atoms with Gasteiger partial charge in [0.25, 0.3) is 11.8 Å². The van der Waals surface area contributed by atoms with Crippen LogP contribution in [0.2, 0.25) is 0 Å². The van der Waals surface area contributed by atoms with E-state index >= 15 is 0 Å². The van der Waals surface area contributed by atoms with Crippen LogP contribution in [0.15, 0.2) is 46.4 Å². The van der Waals surface area contributed by atoms with Crippen LogP contribution >= 0.6 is 0 Å². The smallest absolute Gasteiger partial charge is 0.336 e. The fourth-order valence-electron chi connectivity index (χ4n) is 3.47. The normalized spacial score (nSPS) is 18.5. The summed E-state index contributed by atoms with van der Waals surface area (Å²) in [7, 11) is 0. The van der Waals surface area contributed by atoms with Crippen LogP contribution in [0.3, 0.4) is 0 Å². The minimum atomic E-state index is -0.818. The molecule has 0 spiro atoms. The van der Waals surface area contributed by atoms with Crippen molar-refractivity contribution >= 4 is 35.5 Å². The Kier molecular flexibility index (Phi) is 5.07. The number of rotatable bonds is 5. The van der Waals surface area contributed by atoms with E-state index in [9.17, 15) is 14.4 Å². The summed E-state index contributed by atoms with van der Waals surface area (Å²) < 4.78 is 11.3. The highest BCUT2D eigenvalue weighted by atomic mass is 16.5. The van der Waals surface area contributed by atoms with Crippen molar-refractivity contribution in [3.63, 3.8) is 0 Å². The number of imide groups is 2. The maximum absolute atomic E-state index is 13.0. The van der Waals surface area contributed by atoms with Gasteiger partial charge in [-0.2, -0.15) is 0 Å². The Morgan fingerprint density at radius 1 is 1.10 bits per heavy atom. The third-order valence-electron chi connectivity index (χ3n) is 4.82. The molecule has 0 saturated carbocycles. The van der Waals surface area contributed by atoms with Crippen LogP contribution in [0, 0.1) is 0 Å². The first kappa shape index (κ1) is 18.8. The summed E-state index contributed by atoms with van der Waals surface area (Å²) in [6, 6.07) is 9.38. The number of hydrogen-bond acceptors (Lipinski definition) is 6. The Labute approximate surface area is 167 Å². The van der Waals surface area contributed by atoms with Crippen molar-refractivity contribution in [2.75, 3.05) is 29.5 Å². The molecule has 8 nitrogen and oxygen atoms in total. The van der Waals surface area contributed by atoms with Gasteiger partial charge in [0, 0.05) is 19.2 Å². The van der Waals surface area contributed by atoms with Crippen molar-refractivity contribution in [2.45, 2.75) is 19.8 Å². The lowest BCUT2D eigenvalue weighted by Gasteiger charge is -2.27. The molecule has 1 N–H and O–H groups in total. The Morgan fingerprint density at radius 3 is 2.62 bits per heavy atom. The number of carbonyl (C=O) groups is 3. The summed E-state index contributed by atoms with van der Waals surface area (Å²) in [5.74, 6) is -0.0405. The van der Waals surface area contributed by atoms with Gasteiger partial charge >= 0.3 is 6.03 Å². The molecule has 2 fully saturated rings. The zero-order chi connectivity index (χ0) is 20.4. The summed E-state index contributed by atoms with van der Waals surface area (Å²) in [5.41, 5.74) is 0.0886. The van der Waals surface area contributed by atoms with Gasteiger partial charge in [-0.3, -0.25) is 14.9 Å². The number of nitrogens with zero attached hydrogens (tertiary/aromatic N) is 2. The average Bonchev–Trinajstić information content (AvgIpc) is 3.38. The predicted molar refractivity (Wildman–Crippen MR) is 107 cm³/mol. The molecule has 0 bridgehead atoms. The topological polar surface area (TPSA) is 92.1 Å². The maximum atomic E-state index is 13.0. The van der Waals surface area contributed by atoms with Crippen molar-refractivity contribution in [1.29, 1.82) is 0 Å². The van der Waals surface area contributed by atoms with Gasteiger partial charge in [-0.05, 0) is 44.0 Å². The number of ether oxygens (including phenoxy) is 1. The van der Waals surface area contributed by atoms with Gasteiger partial charge < -0.3 is 14.1 Å². The fourth-order valence-corrected chi connectivity index (χ4v) is 3.47. The van der Waals surface area contributed by atoms with E-state index in [1.165, 1.54) is 6.08 Å². The van der Waals surface area contributed by atoms with Crippen molar-refractivity contribution in [3.05, 3.63) is 47.7 Å². The number of hydrogen-bond donors (Lipinski definition) is 1.